The minimum absolute atomic E-state index is 0.0197. The van der Waals surface area contributed by atoms with E-state index in [9.17, 15) is 9.59 Å². The zero-order valence-electron chi connectivity index (χ0n) is 20.4. The summed E-state index contributed by atoms with van der Waals surface area (Å²) in [6.45, 7) is 6.14. The standard InChI is InChI=1S/C28H31NO5/c1-17-24(27(31)34-16-18-9-7-6-8-10-18)25(20-12-11-19(32-4)13-23(20)33-5)26-21(29-17)14-28(2,3)15-22(26)30/h6-13,24-25H,14-16H2,1-5H3/t24?,25-/m1/s1. The van der Waals surface area contributed by atoms with Crippen LogP contribution in [0.4, 0.5) is 0 Å². The van der Waals surface area contributed by atoms with Gasteiger partial charge in [0.2, 0.25) is 0 Å². The molecule has 1 aliphatic carbocycles. The smallest absolute Gasteiger partial charge is 0.315 e. The maximum absolute atomic E-state index is 13.5. The quantitative estimate of drug-likeness (QED) is 0.548. The largest absolute Gasteiger partial charge is 0.497 e. The minimum atomic E-state index is -0.727. The van der Waals surface area contributed by atoms with Crippen LogP contribution in [0.1, 0.15) is 50.7 Å². The van der Waals surface area contributed by atoms with Crippen LogP contribution >= 0.6 is 0 Å². The number of esters is 1. The number of hydrogen-bond donors (Lipinski definition) is 0. The van der Waals surface area contributed by atoms with Crippen LogP contribution in [-0.4, -0.2) is 31.7 Å². The molecule has 6 nitrogen and oxygen atoms in total. The molecule has 2 aromatic rings. The monoisotopic (exact) mass is 461 g/mol. The third kappa shape index (κ3) is 4.63. The highest BCUT2D eigenvalue weighted by Crippen LogP contribution is 2.50. The maximum Gasteiger partial charge on any atom is 0.315 e. The lowest BCUT2D eigenvalue weighted by molar-refractivity contribution is -0.148. The Hall–Kier alpha value is -3.41. The molecule has 0 amide bonds. The zero-order chi connectivity index (χ0) is 24.5. The van der Waals surface area contributed by atoms with Crippen molar-refractivity contribution < 1.29 is 23.8 Å². The highest BCUT2D eigenvalue weighted by atomic mass is 16.5. The Balaban J connectivity index is 1.79. The van der Waals surface area contributed by atoms with E-state index < -0.39 is 17.8 Å². The summed E-state index contributed by atoms with van der Waals surface area (Å²) in [7, 11) is 3.16. The third-order valence-corrected chi connectivity index (χ3v) is 6.56. The van der Waals surface area contributed by atoms with Gasteiger partial charge in [0.05, 0.1) is 14.2 Å². The van der Waals surface area contributed by atoms with Crippen molar-refractivity contribution in [2.75, 3.05) is 14.2 Å². The van der Waals surface area contributed by atoms with Gasteiger partial charge in [0.15, 0.2) is 5.78 Å². The van der Waals surface area contributed by atoms with Gasteiger partial charge in [0, 0.05) is 41.0 Å². The van der Waals surface area contributed by atoms with Crippen molar-refractivity contribution in [1.29, 1.82) is 0 Å². The van der Waals surface area contributed by atoms with E-state index in [-0.39, 0.29) is 17.8 Å². The molecule has 4 rings (SSSR count). The molecule has 0 N–H and O–H groups in total. The van der Waals surface area contributed by atoms with Crippen LogP contribution in [0.5, 0.6) is 11.5 Å². The lowest BCUT2D eigenvalue weighted by Gasteiger charge is -2.39. The van der Waals surface area contributed by atoms with Crippen LogP contribution in [0.15, 0.2) is 64.8 Å². The van der Waals surface area contributed by atoms with E-state index in [1.807, 2.05) is 49.4 Å². The van der Waals surface area contributed by atoms with Crippen molar-refractivity contribution in [2.45, 2.75) is 46.1 Å². The Morgan fingerprint density at radius 2 is 1.79 bits per heavy atom. The lowest BCUT2D eigenvalue weighted by Crippen LogP contribution is -2.39. The second-order valence-corrected chi connectivity index (χ2v) is 9.71. The topological polar surface area (TPSA) is 74.2 Å². The highest BCUT2D eigenvalue weighted by Gasteiger charge is 2.47. The average molecular weight is 462 g/mol. The second kappa shape index (κ2) is 9.45. The van der Waals surface area contributed by atoms with Gasteiger partial charge in [-0.1, -0.05) is 50.2 Å². The predicted octanol–water partition coefficient (Wildman–Crippen LogP) is 5.26. The van der Waals surface area contributed by atoms with Crippen molar-refractivity contribution in [1.82, 2.24) is 0 Å². The zero-order valence-corrected chi connectivity index (χ0v) is 20.4. The number of carbonyl (C=O) groups excluding carboxylic acids is 2. The summed E-state index contributed by atoms with van der Waals surface area (Å²) in [5.74, 6) is -0.460. The predicted molar refractivity (Wildman–Crippen MR) is 130 cm³/mol. The van der Waals surface area contributed by atoms with Crippen molar-refractivity contribution in [2.24, 2.45) is 16.3 Å². The van der Waals surface area contributed by atoms with E-state index in [2.05, 4.69) is 13.8 Å². The van der Waals surface area contributed by atoms with Gasteiger partial charge in [0.1, 0.15) is 24.0 Å². The van der Waals surface area contributed by atoms with Crippen LogP contribution in [0.3, 0.4) is 0 Å². The lowest BCUT2D eigenvalue weighted by atomic mass is 9.66. The molecule has 0 aromatic heterocycles. The fraction of sp³-hybridized carbons (Fsp3) is 0.393. The number of rotatable bonds is 6. The van der Waals surface area contributed by atoms with Crippen molar-refractivity contribution in [3.05, 3.63) is 70.9 Å². The fourth-order valence-corrected chi connectivity index (χ4v) is 4.98. The molecule has 0 saturated heterocycles. The van der Waals surface area contributed by atoms with Crippen molar-refractivity contribution in [3.8, 4) is 11.5 Å². The van der Waals surface area contributed by atoms with Crippen LogP contribution in [-0.2, 0) is 20.9 Å². The number of Topliss-reactive ketones (excluding diaryl/α,β-unsaturated/α-hetero) is 1. The summed E-state index contributed by atoms with van der Waals surface area (Å²) in [6, 6.07) is 15.0. The molecule has 0 fully saturated rings. The summed E-state index contributed by atoms with van der Waals surface area (Å²) in [5, 5.41) is 0. The Labute approximate surface area is 200 Å². The maximum atomic E-state index is 13.5. The summed E-state index contributed by atoms with van der Waals surface area (Å²) in [4.78, 5) is 31.7. The van der Waals surface area contributed by atoms with E-state index in [0.29, 0.717) is 35.6 Å². The average Bonchev–Trinajstić information content (AvgIpc) is 2.81. The Morgan fingerprint density at radius 3 is 2.47 bits per heavy atom. The van der Waals surface area contributed by atoms with Gasteiger partial charge in [-0.2, -0.15) is 0 Å². The number of carbonyl (C=O) groups is 2. The Kier molecular flexibility index (Phi) is 6.60. The molecule has 34 heavy (non-hydrogen) atoms. The molecule has 0 saturated carbocycles. The van der Waals surface area contributed by atoms with Crippen molar-refractivity contribution in [3.63, 3.8) is 0 Å². The van der Waals surface area contributed by atoms with E-state index in [4.69, 9.17) is 19.2 Å². The molecule has 0 radical (unpaired) electrons. The van der Waals surface area contributed by atoms with Crippen molar-refractivity contribution >= 4 is 17.5 Å². The van der Waals surface area contributed by atoms with Gasteiger partial charge >= 0.3 is 5.97 Å². The number of allylic oxidation sites excluding steroid dienone is 2. The minimum Gasteiger partial charge on any atom is -0.497 e. The molecular weight excluding hydrogens is 430 g/mol. The number of aliphatic imine (C=N–C) groups is 1. The number of benzene rings is 2. The molecule has 1 heterocycles. The van der Waals surface area contributed by atoms with Gasteiger partial charge < -0.3 is 14.2 Å². The van der Waals surface area contributed by atoms with E-state index in [0.717, 1.165) is 16.8 Å². The van der Waals surface area contributed by atoms with E-state index in [1.165, 1.54) is 0 Å². The number of ketones is 1. The summed E-state index contributed by atoms with van der Waals surface area (Å²) < 4.78 is 16.8. The molecule has 2 aliphatic rings. The molecule has 178 valence electrons. The molecule has 0 bridgehead atoms. The van der Waals surface area contributed by atoms with Crippen LogP contribution in [0.25, 0.3) is 0 Å². The Morgan fingerprint density at radius 1 is 1.06 bits per heavy atom. The van der Waals surface area contributed by atoms with E-state index in [1.54, 1.807) is 20.3 Å². The number of nitrogens with zero attached hydrogens (tertiary/aromatic N) is 1. The fourth-order valence-electron chi connectivity index (χ4n) is 4.98. The third-order valence-electron chi connectivity index (χ3n) is 6.56. The molecule has 2 atom stereocenters. The van der Waals surface area contributed by atoms with Gasteiger partial charge in [-0.15, -0.1) is 0 Å². The van der Waals surface area contributed by atoms with Gasteiger partial charge in [-0.3, -0.25) is 14.6 Å². The normalized spacial score (nSPS) is 21.4. The first-order chi connectivity index (χ1) is 16.2. The first kappa shape index (κ1) is 23.7. The molecule has 1 unspecified atom stereocenters. The van der Waals surface area contributed by atoms with Crippen LogP contribution in [0.2, 0.25) is 0 Å². The van der Waals surface area contributed by atoms with Gasteiger partial charge in [0.25, 0.3) is 0 Å². The summed E-state index contributed by atoms with van der Waals surface area (Å²) in [5.41, 5.74) is 3.46. The van der Waals surface area contributed by atoms with E-state index >= 15 is 0 Å². The SMILES string of the molecule is COc1ccc([C@H]2C3=C(CC(C)(C)CC3=O)N=C(C)C2C(=O)OCc2ccccc2)c(OC)c1. The van der Waals surface area contributed by atoms with Gasteiger partial charge in [-0.25, -0.2) is 0 Å². The molecular formula is C28H31NO5. The highest BCUT2D eigenvalue weighted by molar-refractivity contribution is 6.09. The summed E-state index contributed by atoms with van der Waals surface area (Å²) in [6.07, 6.45) is 1.08. The molecule has 1 aliphatic heterocycles. The first-order valence-electron chi connectivity index (χ1n) is 11.5. The van der Waals surface area contributed by atoms with Crippen LogP contribution < -0.4 is 9.47 Å². The number of methoxy groups -OCH3 is 2. The van der Waals surface area contributed by atoms with Crippen LogP contribution in [0, 0.1) is 11.3 Å². The summed E-state index contributed by atoms with van der Waals surface area (Å²) >= 11 is 0. The molecule has 0 spiro atoms. The number of ether oxygens (including phenoxy) is 3. The van der Waals surface area contributed by atoms with Gasteiger partial charge in [-0.05, 0) is 30.4 Å². The Bertz CT molecular complexity index is 1160. The number of hydrogen-bond acceptors (Lipinski definition) is 6. The molecule has 2 aromatic carbocycles. The first-order valence-corrected chi connectivity index (χ1v) is 11.5. The second-order valence-electron chi connectivity index (χ2n) is 9.71. The molecule has 6 heteroatoms.